The lowest BCUT2D eigenvalue weighted by molar-refractivity contribution is -0.459. The molecule has 2 aliphatic rings. The molecule has 2 saturated heterocycles. The summed E-state index contributed by atoms with van der Waals surface area (Å²) >= 11 is 0. The predicted molar refractivity (Wildman–Crippen MR) is 250 cm³/mol. The number of carboxylic acid groups (broad SMARTS) is 1. The number of amides is 2. The summed E-state index contributed by atoms with van der Waals surface area (Å²) in [4.78, 5) is 64.8. The van der Waals surface area contributed by atoms with E-state index in [0.29, 0.717) is 135 Å². The second-order valence-electron chi connectivity index (χ2n) is 16.7. The van der Waals surface area contributed by atoms with E-state index in [0.717, 1.165) is 37.9 Å². The Morgan fingerprint density at radius 3 is 2.00 bits per heavy atom. The van der Waals surface area contributed by atoms with E-state index in [4.69, 9.17) is 52.2 Å². The van der Waals surface area contributed by atoms with Crippen LogP contribution >= 0.6 is 0 Å². The number of piperazine rings is 2. The Labute approximate surface area is 409 Å². The fourth-order valence-electron chi connectivity index (χ4n) is 7.78. The summed E-state index contributed by atoms with van der Waals surface area (Å²) in [5.41, 5.74) is 16.3. The number of nitrogens with zero attached hydrogens (tertiary/aromatic N) is 13. The van der Waals surface area contributed by atoms with Crippen LogP contribution in [0.2, 0.25) is 0 Å². The topological polar surface area (TPSA) is 318 Å². The molecule has 0 unspecified atom stereocenters. The molecular formula is C43H72ClN18O7+. The number of carboxylic acids is 1. The van der Waals surface area contributed by atoms with Crippen LogP contribution in [0.1, 0.15) is 75.8 Å². The Kier molecular flexibility index (Phi) is 24.1. The second kappa shape index (κ2) is 29.8. The van der Waals surface area contributed by atoms with Gasteiger partial charge >= 0.3 is 11.9 Å². The van der Waals surface area contributed by atoms with E-state index in [2.05, 4.69) is 61.3 Å². The minimum atomic E-state index is -0.922. The number of hydrogen-bond acceptors (Lipinski definition) is 16. The first-order valence-electron chi connectivity index (χ1n) is 23.7. The number of nitrogens with two attached hydrogens (primary N) is 2. The van der Waals surface area contributed by atoms with Gasteiger partial charge in [0.15, 0.2) is 0 Å². The SMILES string of the molecule is C#CCOCCOCCOCCNc1nc(N2CCN(C(=O)[C@H]([C@@H](C)CC)n3cc(CCC[NH+]=C(N)N)nn3)CC2)nc(N2CCN(C(=O)[C@H](CCCC[NH3+])n3cc(CCC(=O)O)nn3)CC2)n1.[Cl-]. The van der Waals surface area contributed by atoms with Crippen LogP contribution in [-0.4, -0.2) is 195 Å². The smallest absolute Gasteiger partial charge is 0.338 e. The number of hydrogen-bond donors (Lipinski definition) is 6. The maximum absolute atomic E-state index is 14.2. The largest absolute Gasteiger partial charge is 1.00 e. The molecule has 2 aliphatic heterocycles. The highest BCUT2D eigenvalue weighted by Gasteiger charge is 2.35. The van der Waals surface area contributed by atoms with Crippen molar-refractivity contribution in [2.24, 2.45) is 17.4 Å². The quantitative estimate of drug-likeness (QED) is 0.0157. The molecule has 3 atom stereocenters. The first-order chi connectivity index (χ1) is 33.0. The van der Waals surface area contributed by atoms with Crippen molar-refractivity contribution in [2.75, 3.05) is 127 Å². The minimum Gasteiger partial charge on any atom is -1.00 e. The highest BCUT2D eigenvalue weighted by Crippen LogP contribution is 2.26. The molecule has 3 aromatic rings. The van der Waals surface area contributed by atoms with Crippen molar-refractivity contribution in [1.29, 1.82) is 0 Å². The van der Waals surface area contributed by atoms with Crippen molar-refractivity contribution in [1.82, 2.24) is 54.7 Å². The number of quaternary nitrogens is 1. The number of rotatable bonds is 30. The summed E-state index contributed by atoms with van der Waals surface area (Å²) < 4.78 is 19.8. The number of nitrogens with one attached hydrogen (secondary N) is 2. The summed E-state index contributed by atoms with van der Waals surface area (Å²) in [6.07, 6.45) is 13.3. The molecule has 25 nitrogen and oxygen atoms in total. The van der Waals surface area contributed by atoms with Gasteiger partial charge in [0.1, 0.15) is 18.7 Å². The zero-order valence-electron chi connectivity index (χ0n) is 40.1. The summed E-state index contributed by atoms with van der Waals surface area (Å²) in [6, 6.07) is -1.08. The van der Waals surface area contributed by atoms with Crippen LogP contribution < -0.4 is 49.7 Å². The molecular weight excluding hydrogens is 916 g/mol. The number of ether oxygens (including phenoxy) is 3. The van der Waals surface area contributed by atoms with Gasteiger partial charge < -0.3 is 62.4 Å². The van der Waals surface area contributed by atoms with Gasteiger partial charge in [-0.15, -0.1) is 16.6 Å². The van der Waals surface area contributed by atoms with Gasteiger partial charge in [0, 0.05) is 77.7 Å². The number of halogens is 1. The number of aryl methyl sites for hydroxylation is 2. The van der Waals surface area contributed by atoms with Gasteiger partial charge in [-0.25, -0.2) is 9.36 Å². The Balaban J connectivity index is 0.0000104. The zero-order valence-corrected chi connectivity index (χ0v) is 40.8. The number of aromatic nitrogens is 9. The third kappa shape index (κ3) is 17.8. The van der Waals surface area contributed by atoms with Gasteiger partial charge in [-0.2, -0.15) is 15.0 Å². The average Bonchev–Trinajstić information content (AvgIpc) is 4.02. The minimum absolute atomic E-state index is 0. The van der Waals surface area contributed by atoms with Gasteiger partial charge in [-0.3, -0.25) is 30.8 Å². The summed E-state index contributed by atoms with van der Waals surface area (Å²) in [5, 5.41) is 29.6. The molecule has 10 N–H and O–H groups in total. The van der Waals surface area contributed by atoms with Crippen LogP contribution in [0.3, 0.4) is 0 Å². The molecule has 69 heavy (non-hydrogen) atoms. The van der Waals surface area contributed by atoms with E-state index in [9.17, 15) is 14.4 Å². The molecule has 3 aromatic heterocycles. The normalized spacial score (nSPS) is 15.2. The monoisotopic (exact) mass is 988 g/mol. The molecule has 2 fully saturated rings. The van der Waals surface area contributed by atoms with E-state index in [-0.39, 0.29) is 55.5 Å². The van der Waals surface area contributed by atoms with Crippen LogP contribution in [0.5, 0.6) is 0 Å². The first kappa shape index (κ1) is 55.7. The molecule has 0 aromatic carbocycles. The van der Waals surface area contributed by atoms with Crippen molar-refractivity contribution >= 4 is 41.6 Å². The lowest BCUT2D eigenvalue weighted by Crippen LogP contribution is -3.00. The van der Waals surface area contributed by atoms with Crippen LogP contribution in [0.15, 0.2) is 12.4 Å². The summed E-state index contributed by atoms with van der Waals surface area (Å²) in [7, 11) is 0. The third-order valence-electron chi connectivity index (χ3n) is 11.8. The number of carbonyl (C=O) groups excluding carboxylic acids is 2. The van der Waals surface area contributed by atoms with E-state index < -0.39 is 18.1 Å². The Hall–Kier alpha value is -5.94. The fraction of sp³-hybridized carbons (Fsp3) is 0.698. The van der Waals surface area contributed by atoms with Crippen molar-refractivity contribution in [2.45, 2.75) is 77.3 Å². The predicted octanol–water partition coefficient (Wildman–Crippen LogP) is -6.30. The van der Waals surface area contributed by atoms with Crippen molar-refractivity contribution in [3.63, 3.8) is 0 Å². The fourth-order valence-corrected chi connectivity index (χ4v) is 7.78. The van der Waals surface area contributed by atoms with E-state index in [1.807, 2.05) is 20.9 Å². The number of terminal acetylenes is 1. The second-order valence-corrected chi connectivity index (χ2v) is 16.7. The number of unbranched alkanes of at least 4 members (excludes halogenated alkanes) is 1. The number of anilines is 3. The molecule has 26 heteroatoms. The Morgan fingerprint density at radius 2 is 1.41 bits per heavy atom. The zero-order chi connectivity index (χ0) is 48.7. The van der Waals surface area contributed by atoms with Crippen molar-refractivity contribution in [3.8, 4) is 12.3 Å². The van der Waals surface area contributed by atoms with E-state index >= 15 is 0 Å². The molecule has 5 rings (SSSR count). The molecule has 0 saturated carbocycles. The lowest BCUT2D eigenvalue weighted by Gasteiger charge is -2.38. The van der Waals surface area contributed by atoms with Crippen LogP contribution in [0.25, 0.3) is 0 Å². The molecule has 382 valence electrons. The third-order valence-corrected chi connectivity index (χ3v) is 11.8. The van der Waals surface area contributed by atoms with Gasteiger partial charge in [0.2, 0.25) is 29.7 Å². The van der Waals surface area contributed by atoms with Gasteiger partial charge in [0.05, 0.1) is 63.9 Å². The highest BCUT2D eigenvalue weighted by molar-refractivity contribution is 5.81. The maximum Gasteiger partial charge on any atom is 0.338 e. The Morgan fingerprint density at radius 1 is 0.826 bits per heavy atom. The number of guanidine groups is 1. The number of carbonyl (C=O) groups is 3. The molecule has 0 aliphatic carbocycles. The standard InChI is InChI=1S/C43H70N18O7.ClH/c1-4-24-66-26-28-68-29-27-67-25-15-48-41-49-42(58-20-16-56(17-21-58)38(64)35(10-6-7-13-44)60-30-34(53-54-60)11-12-36(62)63)51-43(50-41)59-22-18-57(19-23-59)39(65)37(32(3)5-2)61-31-33(52-55-61)9-8-14-47-40(45)46;/h1,30-32,35,37H,5-29,44H2,2-3H3,(H,62,63)(H4,45,46,47)(H,48,49,50,51);1H/p+1/t32-,35-,37-;/m0./s1. The van der Waals surface area contributed by atoms with Gasteiger partial charge in [-0.1, -0.05) is 36.6 Å². The molecule has 5 heterocycles. The van der Waals surface area contributed by atoms with Gasteiger partial charge in [-0.05, 0) is 38.0 Å². The summed E-state index contributed by atoms with van der Waals surface area (Å²) in [6.45, 7) is 11.9. The van der Waals surface area contributed by atoms with Crippen molar-refractivity contribution in [3.05, 3.63) is 23.8 Å². The summed E-state index contributed by atoms with van der Waals surface area (Å²) in [5.74, 6) is 2.93. The van der Waals surface area contributed by atoms with Crippen LogP contribution in [0.4, 0.5) is 17.8 Å². The van der Waals surface area contributed by atoms with E-state index in [1.165, 1.54) is 0 Å². The molecule has 0 radical (unpaired) electrons. The number of aliphatic carboxylic acids is 1. The molecule has 0 bridgehead atoms. The first-order valence-corrected chi connectivity index (χ1v) is 23.7. The average molecular weight is 989 g/mol. The maximum atomic E-state index is 14.2. The highest BCUT2D eigenvalue weighted by atomic mass is 35.5. The van der Waals surface area contributed by atoms with Gasteiger partial charge in [0.25, 0.3) is 0 Å². The van der Waals surface area contributed by atoms with Crippen molar-refractivity contribution < 1.29 is 56.8 Å². The van der Waals surface area contributed by atoms with E-state index in [1.54, 1.807) is 15.6 Å². The Bertz CT molecular complexity index is 2080. The molecule has 2 amide bonds. The van der Waals surface area contributed by atoms with Crippen LogP contribution in [-0.2, 0) is 41.4 Å². The lowest BCUT2D eigenvalue weighted by atomic mass is 9.97. The molecule has 0 spiro atoms. The van der Waals surface area contributed by atoms with Crippen LogP contribution in [0, 0.1) is 18.3 Å².